The minimum atomic E-state index is -0.0404. The molecule has 0 spiro atoms. The van der Waals surface area contributed by atoms with Crippen LogP contribution in [0, 0.1) is 6.92 Å². The Labute approximate surface area is 129 Å². The first-order valence-electron chi connectivity index (χ1n) is 7.50. The number of hydrogen-bond donors (Lipinski definition) is 1. The molecule has 0 fully saturated rings. The van der Waals surface area contributed by atoms with Crippen LogP contribution in [-0.4, -0.2) is 21.8 Å². The standard InChI is InChI=1S/C18H19N3O/c1-14-12-21-13-16(9-10-17(21)20-14)18(22)19-11-5-8-15-6-3-2-4-7-15/h2-4,6-7,9-10,12-13H,5,8,11H2,1H3,(H,19,22). The number of amides is 1. The van der Waals surface area contributed by atoms with Crippen molar-refractivity contribution in [3.63, 3.8) is 0 Å². The van der Waals surface area contributed by atoms with Crippen LogP contribution in [0.5, 0.6) is 0 Å². The smallest absolute Gasteiger partial charge is 0.252 e. The Morgan fingerprint density at radius 1 is 1.14 bits per heavy atom. The molecule has 0 bridgehead atoms. The number of aromatic nitrogens is 2. The molecule has 1 aromatic carbocycles. The molecule has 4 heteroatoms. The Kier molecular flexibility index (Phi) is 4.19. The van der Waals surface area contributed by atoms with Gasteiger partial charge in [-0.2, -0.15) is 0 Å². The van der Waals surface area contributed by atoms with Crippen molar-refractivity contribution in [2.75, 3.05) is 6.54 Å². The fourth-order valence-corrected chi connectivity index (χ4v) is 2.49. The second-order valence-corrected chi connectivity index (χ2v) is 5.41. The van der Waals surface area contributed by atoms with Gasteiger partial charge in [-0.3, -0.25) is 4.79 Å². The van der Waals surface area contributed by atoms with Gasteiger partial charge in [0.2, 0.25) is 0 Å². The molecule has 0 radical (unpaired) electrons. The molecule has 1 amide bonds. The third-order valence-corrected chi connectivity index (χ3v) is 3.60. The van der Waals surface area contributed by atoms with Crippen molar-refractivity contribution >= 4 is 11.6 Å². The molecule has 2 heterocycles. The number of carbonyl (C=O) groups is 1. The number of imidazole rings is 1. The van der Waals surface area contributed by atoms with Gasteiger partial charge in [0.25, 0.3) is 5.91 Å². The molecule has 112 valence electrons. The minimum absolute atomic E-state index is 0.0404. The average molecular weight is 293 g/mol. The van der Waals surface area contributed by atoms with Crippen LogP contribution < -0.4 is 5.32 Å². The van der Waals surface area contributed by atoms with E-state index in [0.29, 0.717) is 12.1 Å². The molecule has 0 saturated carbocycles. The zero-order chi connectivity index (χ0) is 15.4. The Balaban J connectivity index is 1.54. The predicted molar refractivity (Wildman–Crippen MR) is 87.0 cm³/mol. The number of carbonyl (C=O) groups excluding carboxylic acids is 1. The summed E-state index contributed by atoms with van der Waals surface area (Å²) in [5.74, 6) is -0.0404. The number of aryl methyl sites for hydroxylation is 2. The molecule has 0 aliphatic rings. The van der Waals surface area contributed by atoms with Crippen LogP contribution in [-0.2, 0) is 6.42 Å². The maximum atomic E-state index is 12.2. The maximum absolute atomic E-state index is 12.2. The zero-order valence-corrected chi connectivity index (χ0v) is 12.6. The van der Waals surface area contributed by atoms with Crippen LogP contribution in [0.25, 0.3) is 5.65 Å². The van der Waals surface area contributed by atoms with E-state index in [1.165, 1.54) is 5.56 Å². The summed E-state index contributed by atoms with van der Waals surface area (Å²) in [6, 6.07) is 14.0. The van der Waals surface area contributed by atoms with Gasteiger partial charge in [0.1, 0.15) is 5.65 Å². The van der Waals surface area contributed by atoms with Crippen LogP contribution in [0.2, 0.25) is 0 Å². The van der Waals surface area contributed by atoms with Crippen LogP contribution in [0.4, 0.5) is 0 Å². The highest BCUT2D eigenvalue weighted by atomic mass is 16.1. The van der Waals surface area contributed by atoms with Crippen molar-refractivity contribution in [3.05, 3.63) is 71.7 Å². The summed E-state index contributed by atoms with van der Waals surface area (Å²) >= 11 is 0. The molecule has 1 N–H and O–H groups in total. The molecule has 3 rings (SSSR count). The molecule has 0 aliphatic heterocycles. The van der Waals surface area contributed by atoms with E-state index in [9.17, 15) is 4.79 Å². The quantitative estimate of drug-likeness (QED) is 0.735. The van der Waals surface area contributed by atoms with Gasteiger partial charge in [0.15, 0.2) is 0 Å². The summed E-state index contributed by atoms with van der Waals surface area (Å²) in [6.07, 6.45) is 5.65. The largest absolute Gasteiger partial charge is 0.352 e. The van der Waals surface area contributed by atoms with Crippen molar-refractivity contribution < 1.29 is 4.79 Å². The predicted octanol–water partition coefficient (Wildman–Crippen LogP) is 3.01. The topological polar surface area (TPSA) is 46.4 Å². The number of hydrogen-bond acceptors (Lipinski definition) is 2. The van der Waals surface area contributed by atoms with E-state index in [4.69, 9.17) is 0 Å². The molecule has 4 nitrogen and oxygen atoms in total. The van der Waals surface area contributed by atoms with Gasteiger partial charge in [0.05, 0.1) is 11.3 Å². The van der Waals surface area contributed by atoms with Gasteiger partial charge in [-0.1, -0.05) is 30.3 Å². The molecule has 2 aromatic heterocycles. The minimum Gasteiger partial charge on any atom is -0.352 e. The van der Waals surface area contributed by atoms with Gasteiger partial charge in [-0.05, 0) is 37.5 Å². The molecule has 3 aromatic rings. The van der Waals surface area contributed by atoms with E-state index in [1.54, 1.807) is 0 Å². The zero-order valence-electron chi connectivity index (χ0n) is 12.6. The van der Waals surface area contributed by atoms with E-state index in [-0.39, 0.29) is 5.91 Å². The Hall–Kier alpha value is -2.62. The van der Waals surface area contributed by atoms with Gasteiger partial charge < -0.3 is 9.72 Å². The summed E-state index contributed by atoms with van der Waals surface area (Å²) in [5, 5.41) is 2.97. The van der Waals surface area contributed by atoms with Gasteiger partial charge in [-0.15, -0.1) is 0 Å². The Bertz CT molecular complexity index is 777. The average Bonchev–Trinajstić information content (AvgIpc) is 2.91. The molecule has 0 atom stereocenters. The number of fused-ring (bicyclic) bond motifs is 1. The molecule has 0 aliphatic carbocycles. The second kappa shape index (κ2) is 6.43. The van der Waals surface area contributed by atoms with E-state index in [2.05, 4.69) is 22.4 Å². The van der Waals surface area contributed by atoms with Crippen molar-refractivity contribution in [2.24, 2.45) is 0 Å². The van der Waals surface area contributed by atoms with Gasteiger partial charge >= 0.3 is 0 Å². The van der Waals surface area contributed by atoms with Crippen molar-refractivity contribution in [1.82, 2.24) is 14.7 Å². The molecule has 0 saturated heterocycles. The number of benzene rings is 1. The number of pyridine rings is 1. The fraction of sp³-hybridized carbons (Fsp3) is 0.222. The summed E-state index contributed by atoms with van der Waals surface area (Å²) in [6.45, 7) is 2.62. The monoisotopic (exact) mass is 293 g/mol. The lowest BCUT2D eigenvalue weighted by molar-refractivity contribution is 0.0953. The van der Waals surface area contributed by atoms with Crippen LogP contribution in [0.1, 0.15) is 28.0 Å². The lowest BCUT2D eigenvalue weighted by atomic mass is 10.1. The molecular formula is C18H19N3O. The number of nitrogens with one attached hydrogen (secondary N) is 1. The van der Waals surface area contributed by atoms with Crippen molar-refractivity contribution in [3.8, 4) is 0 Å². The first-order chi connectivity index (χ1) is 10.7. The third-order valence-electron chi connectivity index (χ3n) is 3.60. The first-order valence-corrected chi connectivity index (χ1v) is 7.50. The van der Waals surface area contributed by atoms with Crippen LogP contribution in [0.15, 0.2) is 54.9 Å². The van der Waals surface area contributed by atoms with E-state index >= 15 is 0 Å². The lowest BCUT2D eigenvalue weighted by Crippen LogP contribution is -2.25. The highest BCUT2D eigenvalue weighted by Crippen LogP contribution is 2.07. The van der Waals surface area contributed by atoms with Crippen LogP contribution in [0.3, 0.4) is 0 Å². The third kappa shape index (κ3) is 3.34. The Morgan fingerprint density at radius 2 is 1.95 bits per heavy atom. The lowest BCUT2D eigenvalue weighted by Gasteiger charge is -2.06. The van der Waals surface area contributed by atoms with Gasteiger partial charge in [0, 0.05) is 18.9 Å². The van der Waals surface area contributed by atoms with Crippen molar-refractivity contribution in [1.29, 1.82) is 0 Å². The first kappa shape index (κ1) is 14.3. The highest BCUT2D eigenvalue weighted by molar-refractivity contribution is 5.94. The van der Waals surface area contributed by atoms with E-state index in [0.717, 1.165) is 24.2 Å². The Morgan fingerprint density at radius 3 is 2.77 bits per heavy atom. The summed E-state index contributed by atoms with van der Waals surface area (Å²) in [4.78, 5) is 16.5. The highest BCUT2D eigenvalue weighted by Gasteiger charge is 2.06. The maximum Gasteiger partial charge on any atom is 0.252 e. The normalized spacial score (nSPS) is 10.8. The van der Waals surface area contributed by atoms with Gasteiger partial charge in [-0.25, -0.2) is 4.98 Å². The number of nitrogens with zero attached hydrogens (tertiary/aromatic N) is 2. The molecule has 22 heavy (non-hydrogen) atoms. The van der Waals surface area contributed by atoms with Crippen molar-refractivity contribution in [2.45, 2.75) is 19.8 Å². The summed E-state index contributed by atoms with van der Waals surface area (Å²) in [7, 11) is 0. The molecule has 0 unspecified atom stereocenters. The second-order valence-electron chi connectivity index (χ2n) is 5.41. The summed E-state index contributed by atoms with van der Waals surface area (Å²) in [5.41, 5.74) is 3.76. The van der Waals surface area contributed by atoms with Crippen LogP contribution >= 0.6 is 0 Å². The fourth-order valence-electron chi connectivity index (χ4n) is 2.49. The number of rotatable bonds is 5. The molecular weight excluding hydrogens is 274 g/mol. The SMILES string of the molecule is Cc1cn2cc(C(=O)NCCCc3ccccc3)ccc2n1. The summed E-state index contributed by atoms with van der Waals surface area (Å²) < 4.78 is 1.88. The van der Waals surface area contributed by atoms with E-state index in [1.807, 2.05) is 54.0 Å². The van der Waals surface area contributed by atoms with E-state index < -0.39 is 0 Å².